The zero-order chi connectivity index (χ0) is 18.1. The molecule has 0 aliphatic heterocycles. The summed E-state index contributed by atoms with van der Waals surface area (Å²) in [7, 11) is 1.49. The minimum atomic E-state index is -0.600. The monoisotopic (exact) mass is 401 g/mol. The number of hydrogen-bond donors (Lipinski definition) is 1. The molecule has 1 aromatic carbocycles. The van der Waals surface area contributed by atoms with Crippen LogP contribution in [0.5, 0.6) is 11.5 Å². The van der Waals surface area contributed by atoms with E-state index in [0.29, 0.717) is 22.6 Å². The van der Waals surface area contributed by atoms with Crippen molar-refractivity contribution in [3.8, 4) is 11.5 Å². The van der Waals surface area contributed by atoms with E-state index in [-0.39, 0.29) is 24.1 Å². The summed E-state index contributed by atoms with van der Waals surface area (Å²) in [4.78, 5) is 23.9. The maximum absolute atomic E-state index is 12.1. The first-order valence-corrected chi connectivity index (χ1v) is 8.72. The summed E-state index contributed by atoms with van der Waals surface area (Å²) in [6.07, 6.45) is 1.67. The predicted octanol–water partition coefficient (Wildman–Crippen LogP) is 3.32. The van der Waals surface area contributed by atoms with Crippen LogP contribution in [0.25, 0.3) is 0 Å². The molecule has 134 valence electrons. The molecule has 0 spiro atoms. The number of nitrogens with one attached hydrogen (secondary N) is 1. The van der Waals surface area contributed by atoms with E-state index in [4.69, 9.17) is 14.2 Å². The molecule has 0 aromatic heterocycles. The molecule has 0 saturated heterocycles. The Labute approximate surface area is 151 Å². The second-order valence-corrected chi connectivity index (χ2v) is 5.93. The highest BCUT2D eigenvalue weighted by molar-refractivity contribution is 9.10. The average Bonchev–Trinajstić information content (AvgIpc) is 2.58. The topological polar surface area (TPSA) is 73.9 Å². The Bertz CT molecular complexity index is 572. The van der Waals surface area contributed by atoms with Gasteiger partial charge in [-0.3, -0.25) is 4.79 Å². The second kappa shape index (κ2) is 10.2. The van der Waals surface area contributed by atoms with Crippen LogP contribution in [-0.4, -0.2) is 38.2 Å². The zero-order valence-electron chi connectivity index (χ0n) is 14.5. The van der Waals surface area contributed by atoms with E-state index in [1.54, 1.807) is 6.07 Å². The molecule has 0 aliphatic rings. The van der Waals surface area contributed by atoms with E-state index in [9.17, 15) is 9.59 Å². The summed E-state index contributed by atoms with van der Waals surface area (Å²) in [5.74, 6) is 0.0217. The van der Waals surface area contributed by atoms with Gasteiger partial charge in [0.15, 0.2) is 18.1 Å². The summed E-state index contributed by atoms with van der Waals surface area (Å²) >= 11 is 3.35. The van der Waals surface area contributed by atoms with Crippen LogP contribution in [0.1, 0.15) is 44.0 Å². The lowest BCUT2D eigenvalue weighted by atomic mass is 10.2. The molecular formula is C17H24BrNO5. The molecule has 1 N–H and O–H groups in total. The molecule has 0 fully saturated rings. The van der Waals surface area contributed by atoms with Crippen molar-refractivity contribution in [3.05, 3.63) is 22.2 Å². The van der Waals surface area contributed by atoms with Crippen LogP contribution in [0.3, 0.4) is 0 Å². The Hall–Kier alpha value is -1.76. The van der Waals surface area contributed by atoms with Gasteiger partial charge in [-0.05, 0) is 47.8 Å². The van der Waals surface area contributed by atoms with E-state index < -0.39 is 5.97 Å². The molecule has 0 atom stereocenters. The fourth-order valence-electron chi connectivity index (χ4n) is 2.10. The first kappa shape index (κ1) is 20.3. The third kappa shape index (κ3) is 5.70. The van der Waals surface area contributed by atoms with Crippen LogP contribution in [0, 0.1) is 0 Å². The number of methoxy groups -OCH3 is 1. The van der Waals surface area contributed by atoms with Gasteiger partial charge in [-0.2, -0.15) is 0 Å². The molecule has 1 rings (SSSR count). The van der Waals surface area contributed by atoms with Gasteiger partial charge in [-0.15, -0.1) is 0 Å². The lowest BCUT2D eigenvalue weighted by Crippen LogP contribution is -2.36. The Morgan fingerprint density at radius 1 is 1.21 bits per heavy atom. The number of esters is 1. The van der Waals surface area contributed by atoms with Crippen molar-refractivity contribution in [2.45, 2.75) is 39.7 Å². The van der Waals surface area contributed by atoms with Crippen molar-refractivity contribution in [3.63, 3.8) is 0 Å². The normalized spacial score (nSPS) is 10.4. The average molecular weight is 402 g/mol. The van der Waals surface area contributed by atoms with Crippen LogP contribution in [0.4, 0.5) is 0 Å². The molecule has 0 saturated carbocycles. The van der Waals surface area contributed by atoms with Gasteiger partial charge in [0, 0.05) is 6.04 Å². The number of ether oxygens (including phenoxy) is 3. The Balaban J connectivity index is 2.74. The number of amides is 1. The van der Waals surface area contributed by atoms with Crippen molar-refractivity contribution in [2.75, 3.05) is 20.3 Å². The van der Waals surface area contributed by atoms with Crippen LogP contribution < -0.4 is 14.8 Å². The van der Waals surface area contributed by atoms with Gasteiger partial charge < -0.3 is 19.5 Å². The van der Waals surface area contributed by atoms with Crippen molar-refractivity contribution in [1.82, 2.24) is 5.32 Å². The molecule has 24 heavy (non-hydrogen) atoms. The second-order valence-electron chi connectivity index (χ2n) is 5.08. The molecule has 0 unspecified atom stereocenters. The van der Waals surface area contributed by atoms with Crippen molar-refractivity contribution >= 4 is 27.8 Å². The van der Waals surface area contributed by atoms with Crippen LogP contribution in [-0.2, 0) is 9.53 Å². The number of rotatable bonds is 9. The lowest BCUT2D eigenvalue weighted by molar-refractivity contribution is -0.125. The number of carbonyl (C=O) groups excluding carboxylic acids is 2. The summed E-state index contributed by atoms with van der Waals surface area (Å²) in [6, 6.07) is 3.20. The molecule has 0 aliphatic carbocycles. The minimum absolute atomic E-state index is 0.0934. The summed E-state index contributed by atoms with van der Waals surface area (Å²) in [6.45, 7) is 5.98. The molecule has 0 bridgehead atoms. The van der Waals surface area contributed by atoms with Crippen LogP contribution in [0.15, 0.2) is 16.6 Å². The summed E-state index contributed by atoms with van der Waals surface area (Å²) < 4.78 is 16.4. The van der Waals surface area contributed by atoms with E-state index >= 15 is 0 Å². The standard InChI is InChI=1S/C17H24BrNO5/c1-5-12(6-2)19-15(20)10-24-17(21)11-8-13(18)16(23-7-3)14(9-11)22-4/h8-9,12H,5-7,10H2,1-4H3,(H,19,20). The van der Waals surface area contributed by atoms with Crippen molar-refractivity contribution in [1.29, 1.82) is 0 Å². The van der Waals surface area contributed by atoms with Gasteiger partial charge in [0.1, 0.15) is 0 Å². The smallest absolute Gasteiger partial charge is 0.338 e. The van der Waals surface area contributed by atoms with Crippen molar-refractivity contribution < 1.29 is 23.8 Å². The molecule has 1 aromatic rings. The molecule has 1 amide bonds. The summed E-state index contributed by atoms with van der Waals surface area (Å²) in [5, 5.41) is 2.81. The first-order chi connectivity index (χ1) is 11.5. The largest absolute Gasteiger partial charge is 0.493 e. The maximum Gasteiger partial charge on any atom is 0.338 e. The molecular weight excluding hydrogens is 378 g/mol. The van der Waals surface area contributed by atoms with Gasteiger partial charge >= 0.3 is 5.97 Å². The lowest BCUT2D eigenvalue weighted by Gasteiger charge is -2.15. The third-order valence-corrected chi connectivity index (χ3v) is 4.03. The van der Waals surface area contributed by atoms with Gasteiger partial charge in [0.05, 0.1) is 23.8 Å². The quantitative estimate of drug-likeness (QED) is 0.642. The fourth-order valence-corrected chi connectivity index (χ4v) is 2.66. The SMILES string of the molecule is CCOc1c(Br)cc(C(=O)OCC(=O)NC(CC)CC)cc1OC. The highest BCUT2D eigenvalue weighted by Crippen LogP contribution is 2.36. The van der Waals surface area contributed by atoms with Gasteiger partial charge in [0.2, 0.25) is 0 Å². The predicted molar refractivity (Wildman–Crippen MR) is 94.7 cm³/mol. The maximum atomic E-state index is 12.1. The molecule has 6 nitrogen and oxygen atoms in total. The minimum Gasteiger partial charge on any atom is -0.493 e. The summed E-state index contributed by atoms with van der Waals surface area (Å²) in [5.41, 5.74) is 0.275. The number of hydrogen-bond acceptors (Lipinski definition) is 5. The van der Waals surface area contributed by atoms with E-state index in [1.807, 2.05) is 20.8 Å². The van der Waals surface area contributed by atoms with E-state index in [2.05, 4.69) is 21.2 Å². The number of carbonyl (C=O) groups is 2. The third-order valence-electron chi connectivity index (χ3n) is 3.44. The zero-order valence-corrected chi connectivity index (χ0v) is 16.1. The molecule has 0 heterocycles. The van der Waals surface area contributed by atoms with Crippen LogP contribution in [0.2, 0.25) is 0 Å². The van der Waals surface area contributed by atoms with Gasteiger partial charge in [-0.25, -0.2) is 4.79 Å². The number of benzene rings is 1. The molecule has 7 heteroatoms. The van der Waals surface area contributed by atoms with E-state index in [1.165, 1.54) is 13.2 Å². The first-order valence-electron chi connectivity index (χ1n) is 7.93. The van der Waals surface area contributed by atoms with Gasteiger partial charge in [-0.1, -0.05) is 13.8 Å². The van der Waals surface area contributed by atoms with Crippen LogP contribution >= 0.6 is 15.9 Å². The highest BCUT2D eigenvalue weighted by Gasteiger charge is 2.17. The van der Waals surface area contributed by atoms with E-state index in [0.717, 1.165) is 12.8 Å². The molecule has 0 radical (unpaired) electrons. The Morgan fingerprint density at radius 2 is 1.88 bits per heavy atom. The Kier molecular flexibility index (Phi) is 8.60. The fraction of sp³-hybridized carbons (Fsp3) is 0.529. The number of halogens is 1. The van der Waals surface area contributed by atoms with Gasteiger partial charge in [0.25, 0.3) is 5.91 Å². The van der Waals surface area contributed by atoms with Crippen molar-refractivity contribution in [2.24, 2.45) is 0 Å². The highest BCUT2D eigenvalue weighted by atomic mass is 79.9. The Morgan fingerprint density at radius 3 is 2.42 bits per heavy atom.